The second kappa shape index (κ2) is 3.92. The van der Waals surface area contributed by atoms with Gasteiger partial charge in [0.15, 0.2) is 0 Å². The molecular weight excluding hydrogens is 198 g/mol. The number of rotatable bonds is 3. The fraction of sp³-hybridized carbons (Fsp3) is 0.600. The quantitative estimate of drug-likeness (QED) is 0.478. The smallest absolute Gasteiger partial charge is 0.233 e. The number of hydrogen-bond acceptors (Lipinski definition) is 4. The van der Waals surface area contributed by atoms with Crippen molar-refractivity contribution in [3.63, 3.8) is 0 Å². The number of carbonyl (C=O) groups is 4. The van der Waals surface area contributed by atoms with E-state index in [4.69, 9.17) is 0 Å². The predicted octanol–water partition coefficient (Wildman–Crippen LogP) is -0.214. The van der Waals surface area contributed by atoms with Gasteiger partial charge >= 0.3 is 0 Å². The van der Waals surface area contributed by atoms with E-state index in [2.05, 4.69) is 0 Å². The maximum atomic E-state index is 11.6. The molecule has 0 aliphatic carbocycles. The minimum absolute atomic E-state index is 0.0425. The van der Waals surface area contributed by atoms with Gasteiger partial charge in [-0.15, -0.1) is 0 Å². The lowest BCUT2D eigenvalue weighted by atomic mass is 9.85. The van der Waals surface area contributed by atoms with Gasteiger partial charge in [-0.2, -0.15) is 0 Å². The molecule has 0 radical (unpaired) electrons. The first-order valence-electron chi connectivity index (χ1n) is 4.67. The molecule has 0 N–H and O–H groups in total. The van der Waals surface area contributed by atoms with E-state index in [1.165, 1.54) is 20.9 Å². The highest BCUT2D eigenvalue weighted by molar-refractivity contribution is 6.10. The molecule has 1 aliphatic rings. The second-order valence-corrected chi connectivity index (χ2v) is 3.80. The number of nitrogens with zero attached hydrogens (tertiary/aromatic N) is 1. The second-order valence-electron chi connectivity index (χ2n) is 3.80. The predicted molar refractivity (Wildman–Crippen MR) is 50.7 cm³/mol. The monoisotopic (exact) mass is 211 g/mol. The van der Waals surface area contributed by atoms with E-state index < -0.39 is 17.7 Å². The molecule has 1 fully saturated rings. The SMILES string of the molecule is CC(=O)C(C(C)=O)[C@H]1CC(=O)N(C)C1=O. The third-order valence-corrected chi connectivity index (χ3v) is 2.69. The molecule has 5 heteroatoms. The van der Waals surface area contributed by atoms with Crippen molar-refractivity contribution in [2.24, 2.45) is 11.8 Å². The van der Waals surface area contributed by atoms with Crippen LogP contribution in [0.3, 0.4) is 0 Å². The molecule has 82 valence electrons. The Morgan fingerprint density at radius 3 is 2.00 bits per heavy atom. The summed E-state index contributed by atoms with van der Waals surface area (Å²) in [6.45, 7) is 2.53. The highest BCUT2D eigenvalue weighted by Gasteiger charge is 2.44. The molecule has 2 amide bonds. The van der Waals surface area contributed by atoms with Crippen LogP contribution in [0.2, 0.25) is 0 Å². The van der Waals surface area contributed by atoms with Crippen molar-refractivity contribution < 1.29 is 19.2 Å². The number of ketones is 2. The van der Waals surface area contributed by atoms with Crippen molar-refractivity contribution in [1.29, 1.82) is 0 Å². The van der Waals surface area contributed by atoms with Crippen LogP contribution in [-0.4, -0.2) is 35.3 Å². The highest BCUT2D eigenvalue weighted by Crippen LogP contribution is 2.27. The van der Waals surface area contributed by atoms with E-state index in [9.17, 15) is 19.2 Å². The van der Waals surface area contributed by atoms with Gasteiger partial charge in [-0.25, -0.2) is 0 Å². The van der Waals surface area contributed by atoms with Crippen LogP contribution in [0, 0.1) is 11.8 Å². The Bertz CT molecular complexity index is 333. The van der Waals surface area contributed by atoms with Gasteiger partial charge in [-0.05, 0) is 13.8 Å². The lowest BCUT2D eigenvalue weighted by Crippen LogP contribution is -2.34. The fourth-order valence-corrected chi connectivity index (χ4v) is 1.90. The molecule has 0 aromatic rings. The summed E-state index contributed by atoms with van der Waals surface area (Å²) in [5, 5.41) is 0. The molecule has 1 atom stereocenters. The lowest BCUT2D eigenvalue weighted by Gasteiger charge is -2.15. The Morgan fingerprint density at radius 2 is 1.73 bits per heavy atom. The molecule has 0 aromatic carbocycles. The van der Waals surface area contributed by atoms with Crippen molar-refractivity contribution in [2.45, 2.75) is 20.3 Å². The van der Waals surface area contributed by atoms with Gasteiger partial charge in [0.25, 0.3) is 0 Å². The molecule has 0 unspecified atom stereocenters. The number of likely N-dealkylation sites (tertiary alicyclic amines) is 1. The summed E-state index contributed by atoms with van der Waals surface area (Å²) in [7, 11) is 1.36. The highest BCUT2D eigenvalue weighted by atomic mass is 16.2. The Kier molecular flexibility index (Phi) is 3.02. The average molecular weight is 211 g/mol. The minimum Gasteiger partial charge on any atom is -0.299 e. The maximum Gasteiger partial charge on any atom is 0.233 e. The first kappa shape index (κ1) is 11.6. The molecular formula is C10H13NO4. The van der Waals surface area contributed by atoms with Crippen LogP contribution < -0.4 is 0 Å². The Morgan fingerprint density at radius 1 is 1.27 bits per heavy atom. The van der Waals surface area contributed by atoms with E-state index in [0.717, 1.165) is 4.90 Å². The summed E-state index contributed by atoms with van der Waals surface area (Å²) in [5.41, 5.74) is 0. The van der Waals surface area contributed by atoms with E-state index in [0.29, 0.717) is 0 Å². The summed E-state index contributed by atoms with van der Waals surface area (Å²) >= 11 is 0. The van der Waals surface area contributed by atoms with Gasteiger partial charge < -0.3 is 0 Å². The zero-order valence-electron chi connectivity index (χ0n) is 8.94. The molecule has 1 saturated heterocycles. The van der Waals surface area contributed by atoms with Crippen LogP contribution in [0.25, 0.3) is 0 Å². The maximum absolute atomic E-state index is 11.6. The number of imide groups is 1. The van der Waals surface area contributed by atoms with Gasteiger partial charge in [-0.3, -0.25) is 24.1 Å². The first-order valence-corrected chi connectivity index (χ1v) is 4.67. The summed E-state index contributed by atoms with van der Waals surface area (Å²) in [4.78, 5) is 46.2. The van der Waals surface area contributed by atoms with Crippen molar-refractivity contribution in [2.75, 3.05) is 7.05 Å². The number of hydrogen-bond donors (Lipinski definition) is 0. The molecule has 0 bridgehead atoms. The third-order valence-electron chi connectivity index (χ3n) is 2.69. The molecule has 15 heavy (non-hydrogen) atoms. The Labute approximate surface area is 87.4 Å². The molecule has 5 nitrogen and oxygen atoms in total. The van der Waals surface area contributed by atoms with Crippen LogP contribution in [-0.2, 0) is 19.2 Å². The first-order chi connectivity index (χ1) is 6.86. The normalized spacial score (nSPS) is 21.3. The number of amides is 2. The molecule has 0 aromatic heterocycles. The molecule has 1 rings (SSSR count). The molecule has 1 aliphatic heterocycles. The zero-order valence-corrected chi connectivity index (χ0v) is 8.94. The molecule has 0 saturated carbocycles. The van der Waals surface area contributed by atoms with Gasteiger partial charge in [0.05, 0.1) is 11.8 Å². The van der Waals surface area contributed by atoms with E-state index >= 15 is 0 Å². The standard InChI is InChI=1S/C10H13NO4/c1-5(12)9(6(2)13)7-4-8(14)11(3)10(7)15/h7,9H,4H2,1-3H3/t7-/m1/s1. The third kappa shape index (κ3) is 1.95. The topological polar surface area (TPSA) is 71.5 Å². The average Bonchev–Trinajstić information content (AvgIpc) is 2.33. The van der Waals surface area contributed by atoms with Crippen molar-refractivity contribution in [3.05, 3.63) is 0 Å². The lowest BCUT2D eigenvalue weighted by molar-refractivity contribution is -0.142. The van der Waals surface area contributed by atoms with E-state index in [1.807, 2.05) is 0 Å². The van der Waals surface area contributed by atoms with Crippen LogP contribution in [0.1, 0.15) is 20.3 Å². The Balaban J connectivity index is 2.97. The summed E-state index contributed by atoms with van der Waals surface area (Å²) in [6.07, 6.45) is -0.0425. The van der Waals surface area contributed by atoms with Crippen LogP contribution in [0.5, 0.6) is 0 Å². The van der Waals surface area contributed by atoms with Gasteiger partial charge in [-0.1, -0.05) is 0 Å². The van der Waals surface area contributed by atoms with Crippen LogP contribution >= 0.6 is 0 Å². The summed E-state index contributed by atoms with van der Waals surface area (Å²) in [6, 6.07) is 0. The molecule has 0 spiro atoms. The van der Waals surface area contributed by atoms with E-state index in [1.54, 1.807) is 0 Å². The zero-order chi connectivity index (χ0) is 11.7. The van der Waals surface area contributed by atoms with Crippen LogP contribution in [0.15, 0.2) is 0 Å². The van der Waals surface area contributed by atoms with Crippen molar-refractivity contribution in [1.82, 2.24) is 4.90 Å². The van der Waals surface area contributed by atoms with Gasteiger partial charge in [0, 0.05) is 13.5 Å². The van der Waals surface area contributed by atoms with Crippen molar-refractivity contribution in [3.8, 4) is 0 Å². The fourth-order valence-electron chi connectivity index (χ4n) is 1.90. The molecule has 1 heterocycles. The van der Waals surface area contributed by atoms with Gasteiger partial charge in [0.1, 0.15) is 11.6 Å². The largest absolute Gasteiger partial charge is 0.299 e. The van der Waals surface area contributed by atoms with Crippen molar-refractivity contribution >= 4 is 23.4 Å². The van der Waals surface area contributed by atoms with E-state index in [-0.39, 0.29) is 23.9 Å². The van der Waals surface area contributed by atoms with Gasteiger partial charge in [0.2, 0.25) is 11.8 Å². The summed E-state index contributed by atoms with van der Waals surface area (Å²) in [5.74, 6) is -3.25. The minimum atomic E-state index is -0.966. The van der Waals surface area contributed by atoms with Crippen LogP contribution in [0.4, 0.5) is 0 Å². The Hall–Kier alpha value is -1.52. The number of Topliss-reactive ketones (excluding diaryl/α,β-unsaturated/α-hetero) is 2. The number of carbonyl (C=O) groups excluding carboxylic acids is 4. The summed E-state index contributed by atoms with van der Waals surface area (Å²) < 4.78 is 0.